The summed E-state index contributed by atoms with van der Waals surface area (Å²) in [5.41, 5.74) is 4.15. The van der Waals surface area contributed by atoms with Gasteiger partial charge in [-0.15, -0.1) is 10.2 Å². The molecule has 0 bridgehead atoms. The molecule has 8 heteroatoms. The molecule has 4 rings (SSSR count). The normalized spacial score (nSPS) is 11.0. The number of rotatable bonds is 3. The summed E-state index contributed by atoms with van der Waals surface area (Å²) >= 11 is 0. The second-order valence-electron chi connectivity index (χ2n) is 5.69. The molecule has 1 amide bonds. The van der Waals surface area contributed by atoms with Crippen LogP contribution in [0.1, 0.15) is 21.6 Å². The molecule has 4 aromatic rings. The Bertz CT molecular complexity index is 1050. The number of fused-ring (bicyclic) bond motifs is 1. The molecule has 0 radical (unpaired) electrons. The molecule has 3 heterocycles. The molecular formula is C17H15N7O. The van der Waals surface area contributed by atoms with Crippen molar-refractivity contribution in [2.24, 2.45) is 0 Å². The number of carbonyl (C=O) groups excluding carboxylic acids is 1. The van der Waals surface area contributed by atoms with E-state index in [9.17, 15) is 4.79 Å². The highest BCUT2D eigenvalue weighted by Crippen LogP contribution is 2.25. The predicted octanol–water partition coefficient (Wildman–Crippen LogP) is 2.41. The Hall–Kier alpha value is -3.55. The third-order valence-electron chi connectivity index (χ3n) is 4.17. The van der Waals surface area contributed by atoms with Gasteiger partial charge in [0.2, 0.25) is 0 Å². The molecule has 0 fully saturated rings. The van der Waals surface area contributed by atoms with Crippen LogP contribution in [0, 0.1) is 13.8 Å². The summed E-state index contributed by atoms with van der Waals surface area (Å²) in [4.78, 5) is 24.2. The van der Waals surface area contributed by atoms with Gasteiger partial charge in [-0.25, -0.2) is 9.97 Å². The molecule has 25 heavy (non-hydrogen) atoms. The molecule has 3 aromatic heterocycles. The molecule has 0 saturated heterocycles. The maximum absolute atomic E-state index is 12.6. The van der Waals surface area contributed by atoms with Crippen LogP contribution < -0.4 is 5.32 Å². The van der Waals surface area contributed by atoms with Gasteiger partial charge in [-0.05, 0) is 43.7 Å². The number of nitrogens with one attached hydrogen (secondary N) is 2. The standard InChI is InChI=1S/C17H15N7O/c1-10-11(2)22-15-14(10)16(19-7-18-15)23-17(25)12-3-5-13(6-4-12)24-8-20-21-9-24/h3-9H,1-2H3,(H2,18,19,22,23,25). The van der Waals surface area contributed by atoms with E-state index >= 15 is 0 Å². The topological polar surface area (TPSA) is 101 Å². The van der Waals surface area contributed by atoms with Crippen LogP contribution in [0.2, 0.25) is 0 Å². The molecule has 124 valence electrons. The number of aromatic nitrogens is 6. The fraction of sp³-hybridized carbons (Fsp3) is 0.118. The summed E-state index contributed by atoms with van der Waals surface area (Å²) in [6.07, 6.45) is 4.63. The minimum absolute atomic E-state index is 0.228. The lowest BCUT2D eigenvalue weighted by atomic mass is 10.1. The first kappa shape index (κ1) is 15.0. The fourth-order valence-electron chi connectivity index (χ4n) is 2.69. The van der Waals surface area contributed by atoms with Crippen LogP contribution in [0.5, 0.6) is 0 Å². The summed E-state index contributed by atoms with van der Waals surface area (Å²) in [5.74, 6) is 0.272. The number of nitrogens with zero attached hydrogens (tertiary/aromatic N) is 5. The lowest BCUT2D eigenvalue weighted by molar-refractivity contribution is 0.102. The van der Waals surface area contributed by atoms with Crippen LogP contribution >= 0.6 is 0 Å². The molecule has 0 spiro atoms. The lowest BCUT2D eigenvalue weighted by Gasteiger charge is -2.07. The first-order valence-electron chi connectivity index (χ1n) is 7.70. The first-order chi connectivity index (χ1) is 12.1. The minimum Gasteiger partial charge on any atom is -0.343 e. The highest BCUT2D eigenvalue weighted by Gasteiger charge is 2.14. The second-order valence-corrected chi connectivity index (χ2v) is 5.69. The maximum Gasteiger partial charge on any atom is 0.256 e. The Labute approximate surface area is 143 Å². The molecule has 8 nitrogen and oxygen atoms in total. The number of anilines is 1. The molecule has 0 saturated carbocycles. The Balaban J connectivity index is 1.62. The lowest BCUT2D eigenvalue weighted by Crippen LogP contribution is -2.13. The van der Waals surface area contributed by atoms with Crippen molar-refractivity contribution in [2.45, 2.75) is 13.8 Å². The van der Waals surface area contributed by atoms with Crippen molar-refractivity contribution in [2.75, 3.05) is 5.32 Å². The van der Waals surface area contributed by atoms with Crippen molar-refractivity contribution in [1.82, 2.24) is 29.7 Å². The number of hydrogen-bond acceptors (Lipinski definition) is 5. The molecule has 2 N–H and O–H groups in total. The van der Waals surface area contributed by atoms with Gasteiger partial charge in [0.05, 0.1) is 5.39 Å². The number of amides is 1. The smallest absolute Gasteiger partial charge is 0.256 e. The average Bonchev–Trinajstić information content (AvgIpc) is 3.25. The molecule has 0 aliphatic heterocycles. The van der Waals surface area contributed by atoms with E-state index in [1.165, 1.54) is 6.33 Å². The zero-order valence-electron chi connectivity index (χ0n) is 13.7. The molecule has 0 aliphatic rings. The Morgan fingerprint density at radius 2 is 1.80 bits per heavy atom. The van der Waals surface area contributed by atoms with Gasteiger partial charge in [-0.2, -0.15) is 0 Å². The van der Waals surface area contributed by atoms with Crippen LogP contribution in [0.3, 0.4) is 0 Å². The van der Waals surface area contributed by atoms with Gasteiger partial charge in [0.1, 0.15) is 30.4 Å². The first-order valence-corrected chi connectivity index (χ1v) is 7.70. The highest BCUT2D eigenvalue weighted by atomic mass is 16.1. The van der Waals surface area contributed by atoms with Crippen LogP contribution in [0.15, 0.2) is 43.2 Å². The third kappa shape index (κ3) is 2.63. The Kier molecular flexibility index (Phi) is 3.50. The number of benzene rings is 1. The van der Waals surface area contributed by atoms with E-state index in [4.69, 9.17) is 0 Å². The second kappa shape index (κ2) is 5.82. The van der Waals surface area contributed by atoms with Crippen molar-refractivity contribution < 1.29 is 4.79 Å². The molecule has 1 aromatic carbocycles. The van der Waals surface area contributed by atoms with Gasteiger partial charge in [0, 0.05) is 16.9 Å². The molecular weight excluding hydrogens is 318 g/mol. The van der Waals surface area contributed by atoms with E-state index in [1.54, 1.807) is 29.4 Å². The van der Waals surface area contributed by atoms with Crippen LogP contribution in [-0.2, 0) is 0 Å². The number of H-pyrrole nitrogens is 1. The highest BCUT2D eigenvalue weighted by molar-refractivity contribution is 6.08. The van der Waals surface area contributed by atoms with Gasteiger partial charge < -0.3 is 10.3 Å². The monoisotopic (exact) mass is 333 g/mol. The minimum atomic E-state index is -0.228. The van der Waals surface area contributed by atoms with Crippen molar-refractivity contribution >= 4 is 22.8 Å². The van der Waals surface area contributed by atoms with E-state index in [2.05, 4.69) is 30.5 Å². The van der Waals surface area contributed by atoms with Crippen LogP contribution in [-0.4, -0.2) is 35.6 Å². The Morgan fingerprint density at radius 3 is 2.52 bits per heavy atom. The van der Waals surface area contributed by atoms with Crippen LogP contribution in [0.25, 0.3) is 16.7 Å². The summed E-state index contributed by atoms with van der Waals surface area (Å²) in [5, 5.41) is 11.2. The number of carbonyl (C=O) groups is 1. The molecule has 0 unspecified atom stereocenters. The number of hydrogen-bond donors (Lipinski definition) is 2. The summed E-state index contributed by atoms with van der Waals surface area (Å²) < 4.78 is 1.77. The van der Waals surface area contributed by atoms with Gasteiger partial charge in [0.25, 0.3) is 5.91 Å². The van der Waals surface area contributed by atoms with Gasteiger partial charge >= 0.3 is 0 Å². The third-order valence-corrected chi connectivity index (χ3v) is 4.17. The van der Waals surface area contributed by atoms with E-state index in [0.717, 1.165) is 22.3 Å². The molecule has 0 aliphatic carbocycles. The van der Waals surface area contributed by atoms with Crippen LogP contribution in [0.4, 0.5) is 5.82 Å². The average molecular weight is 333 g/mol. The zero-order chi connectivity index (χ0) is 17.4. The number of aryl methyl sites for hydroxylation is 2. The molecule has 0 atom stereocenters. The quantitative estimate of drug-likeness (QED) is 0.599. The predicted molar refractivity (Wildman–Crippen MR) is 92.7 cm³/mol. The van der Waals surface area contributed by atoms with Crippen molar-refractivity contribution in [3.8, 4) is 5.69 Å². The van der Waals surface area contributed by atoms with E-state index < -0.39 is 0 Å². The Morgan fingerprint density at radius 1 is 1.08 bits per heavy atom. The maximum atomic E-state index is 12.6. The summed E-state index contributed by atoms with van der Waals surface area (Å²) in [6.45, 7) is 3.94. The van der Waals surface area contributed by atoms with Gasteiger partial charge in [-0.1, -0.05) is 0 Å². The number of aromatic amines is 1. The SMILES string of the molecule is Cc1[nH]c2ncnc(NC(=O)c3ccc(-n4cnnc4)cc3)c2c1C. The van der Waals surface area contributed by atoms with E-state index in [1.807, 2.05) is 26.0 Å². The van der Waals surface area contributed by atoms with Gasteiger partial charge in [-0.3, -0.25) is 9.36 Å². The zero-order valence-corrected chi connectivity index (χ0v) is 13.7. The van der Waals surface area contributed by atoms with E-state index in [-0.39, 0.29) is 5.91 Å². The van der Waals surface area contributed by atoms with E-state index in [0.29, 0.717) is 17.0 Å². The van der Waals surface area contributed by atoms with Crippen molar-refractivity contribution in [3.63, 3.8) is 0 Å². The fourth-order valence-corrected chi connectivity index (χ4v) is 2.69. The van der Waals surface area contributed by atoms with Gasteiger partial charge in [0.15, 0.2) is 0 Å². The summed E-state index contributed by atoms with van der Waals surface area (Å²) in [6, 6.07) is 7.16. The van der Waals surface area contributed by atoms with Crippen molar-refractivity contribution in [3.05, 3.63) is 60.1 Å². The largest absolute Gasteiger partial charge is 0.343 e. The summed E-state index contributed by atoms with van der Waals surface area (Å²) in [7, 11) is 0. The van der Waals surface area contributed by atoms with Crippen molar-refractivity contribution in [1.29, 1.82) is 0 Å².